The van der Waals surface area contributed by atoms with E-state index in [-0.39, 0.29) is 6.92 Å². The van der Waals surface area contributed by atoms with Crippen LogP contribution in [-0.4, -0.2) is 12.1 Å². The van der Waals surface area contributed by atoms with Crippen molar-refractivity contribution in [3.8, 4) is 0 Å². The van der Waals surface area contributed by atoms with Gasteiger partial charge in [0.15, 0.2) is 0 Å². The van der Waals surface area contributed by atoms with Gasteiger partial charge < -0.3 is 0 Å². The second-order valence-electron chi connectivity index (χ2n) is 3.43. The number of hydrogen-bond donors (Lipinski definition) is 0. The number of halogens is 5. The number of allylic oxidation sites excluding steroid dienone is 1. The van der Waals surface area contributed by atoms with Gasteiger partial charge in [0.1, 0.15) is 5.41 Å². The molecule has 84 valence electrons. The quantitative estimate of drug-likeness (QED) is 0.490. The Bertz CT molecular complexity index is 206. The molecule has 0 amide bonds. The third kappa shape index (κ3) is 1.77. The predicted molar refractivity (Wildman–Crippen MR) is 44.2 cm³/mol. The molecule has 1 unspecified atom stereocenters. The van der Waals surface area contributed by atoms with E-state index >= 15 is 0 Å². The van der Waals surface area contributed by atoms with Gasteiger partial charge in [0.25, 0.3) is 5.92 Å². The minimum Gasteiger partial charge on any atom is -0.206 e. The predicted octanol–water partition coefficient (Wildman–Crippen LogP) is 4.18. The zero-order chi connectivity index (χ0) is 11.8. The summed E-state index contributed by atoms with van der Waals surface area (Å²) in [5, 5.41) is 0. The van der Waals surface area contributed by atoms with Crippen LogP contribution in [0.15, 0.2) is 12.2 Å². The summed E-state index contributed by atoms with van der Waals surface area (Å²) < 4.78 is 63.8. The Balaban J connectivity index is 5.58. The Morgan fingerprint density at radius 2 is 1.50 bits per heavy atom. The summed E-state index contributed by atoms with van der Waals surface area (Å²) in [5.41, 5.74) is -3.67. The molecule has 0 aromatic heterocycles. The highest BCUT2D eigenvalue weighted by Gasteiger charge is 2.66. The standard InChI is InChI=1S/C9H13F5/c1-5-8(6(2)3,7(4,10)11)9(12,13)14/h2,5H2,1,3-4H3. The maximum atomic E-state index is 13.0. The molecule has 5 heteroatoms. The summed E-state index contributed by atoms with van der Waals surface area (Å²) in [6.07, 6.45) is -5.69. The van der Waals surface area contributed by atoms with Gasteiger partial charge in [-0.2, -0.15) is 13.2 Å². The van der Waals surface area contributed by atoms with Crippen molar-refractivity contribution in [2.45, 2.75) is 39.3 Å². The first-order valence-electron chi connectivity index (χ1n) is 4.11. The van der Waals surface area contributed by atoms with Crippen LogP contribution < -0.4 is 0 Å². The van der Waals surface area contributed by atoms with Crippen LogP contribution in [0.4, 0.5) is 22.0 Å². The molecule has 0 nitrogen and oxygen atoms in total. The lowest BCUT2D eigenvalue weighted by molar-refractivity contribution is -0.279. The first kappa shape index (κ1) is 13.4. The maximum Gasteiger partial charge on any atom is 0.403 e. The molecule has 0 aliphatic carbocycles. The van der Waals surface area contributed by atoms with Crippen LogP contribution in [0.5, 0.6) is 0 Å². The number of alkyl halides is 5. The van der Waals surface area contributed by atoms with Crippen molar-refractivity contribution < 1.29 is 22.0 Å². The number of rotatable bonds is 3. The van der Waals surface area contributed by atoms with E-state index in [2.05, 4.69) is 6.58 Å². The van der Waals surface area contributed by atoms with Gasteiger partial charge in [-0.3, -0.25) is 0 Å². The van der Waals surface area contributed by atoms with Crippen molar-refractivity contribution in [3.63, 3.8) is 0 Å². The molecule has 14 heavy (non-hydrogen) atoms. The van der Waals surface area contributed by atoms with E-state index < -0.39 is 29.5 Å². The van der Waals surface area contributed by atoms with Crippen molar-refractivity contribution >= 4 is 0 Å². The molecule has 0 saturated heterocycles. The molecule has 0 aliphatic heterocycles. The van der Waals surface area contributed by atoms with Gasteiger partial charge in [-0.15, -0.1) is 0 Å². The first-order chi connectivity index (χ1) is 6.00. The maximum absolute atomic E-state index is 13.0. The lowest BCUT2D eigenvalue weighted by atomic mass is 9.73. The number of hydrogen-bond acceptors (Lipinski definition) is 0. The highest BCUT2D eigenvalue weighted by Crippen LogP contribution is 2.55. The Morgan fingerprint density at radius 1 is 1.14 bits per heavy atom. The fraction of sp³-hybridized carbons (Fsp3) is 0.778. The highest BCUT2D eigenvalue weighted by molar-refractivity contribution is 5.16. The van der Waals surface area contributed by atoms with Crippen LogP contribution in [0, 0.1) is 5.41 Å². The summed E-state index contributed by atoms with van der Waals surface area (Å²) in [6, 6.07) is 0. The highest BCUT2D eigenvalue weighted by atomic mass is 19.4. The van der Waals surface area contributed by atoms with Crippen molar-refractivity contribution in [3.05, 3.63) is 12.2 Å². The van der Waals surface area contributed by atoms with Crippen molar-refractivity contribution in [1.82, 2.24) is 0 Å². The molecule has 0 aromatic carbocycles. The van der Waals surface area contributed by atoms with Crippen LogP contribution in [0.3, 0.4) is 0 Å². The fourth-order valence-corrected chi connectivity index (χ4v) is 1.68. The van der Waals surface area contributed by atoms with E-state index in [0.29, 0.717) is 0 Å². The zero-order valence-electron chi connectivity index (χ0n) is 8.30. The molecular weight excluding hydrogens is 203 g/mol. The third-order valence-electron chi connectivity index (χ3n) is 2.49. The molecule has 0 fully saturated rings. The Labute approximate surface area is 79.8 Å². The SMILES string of the molecule is C=C(C)C(CC)(C(C)(F)F)C(F)(F)F. The van der Waals surface area contributed by atoms with Gasteiger partial charge in [0.2, 0.25) is 0 Å². The zero-order valence-corrected chi connectivity index (χ0v) is 8.30. The average Bonchev–Trinajstić information content (AvgIpc) is 1.80. The van der Waals surface area contributed by atoms with Crippen LogP contribution in [0.1, 0.15) is 27.2 Å². The molecule has 0 aliphatic rings. The van der Waals surface area contributed by atoms with E-state index in [0.717, 1.165) is 13.8 Å². The van der Waals surface area contributed by atoms with E-state index in [1.807, 2.05) is 0 Å². The summed E-state index contributed by atoms with van der Waals surface area (Å²) in [7, 11) is 0. The molecule has 0 N–H and O–H groups in total. The molecule has 0 aromatic rings. The summed E-state index contributed by atoms with van der Waals surface area (Å²) in [4.78, 5) is 0. The lowest BCUT2D eigenvalue weighted by Gasteiger charge is -2.40. The van der Waals surface area contributed by atoms with E-state index in [1.54, 1.807) is 0 Å². The lowest BCUT2D eigenvalue weighted by Crippen LogP contribution is -2.50. The third-order valence-corrected chi connectivity index (χ3v) is 2.49. The van der Waals surface area contributed by atoms with Crippen LogP contribution in [-0.2, 0) is 0 Å². The molecule has 0 radical (unpaired) electrons. The summed E-state index contributed by atoms with van der Waals surface area (Å²) in [5.74, 6) is -3.86. The largest absolute Gasteiger partial charge is 0.403 e. The molecule has 0 rings (SSSR count). The summed E-state index contributed by atoms with van der Waals surface area (Å²) >= 11 is 0. The van der Waals surface area contributed by atoms with Crippen LogP contribution in [0.25, 0.3) is 0 Å². The molecular formula is C9H13F5. The normalized spacial score (nSPS) is 17.7. The Hall–Kier alpha value is -0.610. The molecule has 0 heterocycles. The van der Waals surface area contributed by atoms with Gasteiger partial charge in [-0.05, 0) is 13.3 Å². The van der Waals surface area contributed by atoms with E-state index in [4.69, 9.17) is 0 Å². The smallest absolute Gasteiger partial charge is 0.206 e. The second-order valence-corrected chi connectivity index (χ2v) is 3.43. The first-order valence-corrected chi connectivity index (χ1v) is 4.11. The topological polar surface area (TPSA) is 0 Å². The van der Waals surface area contributed by atoms with Crippen molar-refractivity contribution in [1.29, 1.82) is 0 Å². The average molecular weight is 216 g/mol. The minimum atomic E-state index is -4.98. The van der Waals surface area contributed by atoms with Gasteiger partial charge in [0.05, 0.1) is 0 Å². The summed E-state index contributed by atoms with van der Waals surface area (Å²) in [6.45, 7) is 5.37. The second kappa shape index (κ2) is 3.51. The van der Waals surface area contributed by atoms with Crippen LogP contribution in [0.2, 0.25) is 0 Å². The monoisotopic (exact) mass is 216 g/mol. The Kier molecular flexibility index (Phi) is 3.36. The van der Waals surface area contributed by atoms with Gasteiger partial charge in [-0.25, -0.2) is 8.78 Å². The van der Waals surface area contributed by atoms with Gasteiger partial charge >= 0.3 is 6.18 Å². The molecule has 1 atom stereocenters. The minimum absolute atomic E-state index is 0.276. The molecule has 0 spiro atoms. The van der Waals surface area contributed by atoms with Gasteiger partial charge in [0, 0.05) is 6.92 Å². The van der Waals surface area contributed by atoms with Crippen molar-refractivity contribution in [2.24, 2.45) is 5.41 Å². The van der Waals surface area contributed by atoms with E-state index in [1.165, 1.54) is 0 Å². The fourth-order valence-electron chi connectivity index (χ4n) is 1.68. The Morgan fingerprint density at radius 3 is 1.50 bits per heavy atom. The molecule has 0 saturated carbocycles. The van der Waals surface area contributed by atoms with E-state index in [9.17, 15) is 22.0 Å². The molecule has 0 bridgehead atoms. The van der Waals surface area contributed by atoms with Gasteiger partial charge in [-0.1, -0.05) is 19.1 Å². The van der Waals surface area contributed by atoms with Crippen LogP contribution >= 0.6 is 0 Å². The van der Waals surface area contributed by atoms with Crippen molar-refractivity contribution in [2.75, 3.05) is 0 Å².